The molecule has 1 aliphatic heterocycles. The van der Waals surface area contributed by atoms with Crippen molar-refractivity contribution in [3.63, 3.8) is 0 Å². The van der Waals surface area contributed by atoms with Crippen LogP contribution >= 0.6 is 11.3 Å². The lowest BCUT2D eigenvalue weighted by Crippen LogP contribution is -2.50. The fraction of sp³-hybridized carbons (Fsp3) is 0.205. The summed E-state index contributed by atoms with van der Waals surface area (Å²) in [6, 6.07) is 35.1. The zero-order valence-electron chi connectivity index (χ0n) is 27.4. The Morgan fingerprint density at radius 1 is 0.898 bits per heavy atom. The number of hydrogen-bond acceptors (Lipinski definition) is 6. The topological polar surface area (TPSA) is 75.5 Å². The predicted molar refractivity (Wildman–Crippen MR) is 193 cm³/mol. The predicted octanol–water partition coefficient (Wildman–Crippen LogP) is 8.47. The molecule has 0 radical (unpaired) electrons. The molecule has 0 saturated carbocycles. The lowest BCUT2D eigenvalue weighted by atomic mass is 9.75. The highest BCUT2D eigenvalue weighted by Crippen LogP contribution is 2.45. The third kappa shape index (κ3) is 6.21. The molecule has 248 valence electrons. The van der Waals surface area contributed by atoms with Crippen molar-refractivity contribution in [2.75, 3.05) is 37.0 Å². The Kier molecular flexibility index (Phi) is 9.23. The highest BCUT2D eigenvalue weighted by Gasteiger charge is 2.48. The van der Waals surface area contributed by atoms with Crippen LogP contribution in [0, 0.1) is 12.7 Å². The molecule has 0 spiro atoms. The van der Waals surface area contributed by atoms with Gasteiger partial charge in [-0.2, -0.15) is 5.10 Å². The third-order valence-electron chi connectivity index (χ3n) is 8.96. The van der Waals surface area contributed by atoms with Crippen LogP contribution in [-0.2, 0) is 16.8 Å². The van der Waals surface area contributed by atoms with Crippen molar-refractivity contribution in [1.82, 2.24) is 19.7 Å². The number of aryl methyl sites for hydroxylation is 2. The van der Waals surface area contributed by atoms with Gasteiger partial charge in [-0.15, -0.1) is 11.3 Å². The first-order valence-corrected chi connectivity index (χ1v) is 17.2. The molecule has 1 fully saturated rings. The van der Waals surface area contributed by atoms with Crippen molar-refractivity contribution in [1.29, 1.82) is 0 Å². The Labute approximate surface area is 289 Å². The SMILES string of the molecule is COCCCn1cc(Nc2nc(-c3ccc(N4CCN(C(c5ccccc5)(c5ccccc5)c5ccccc5)C4=O)cc3F)cs2)c(C)n1. The van der Waals surface area contributed by atoms with E-state index in [4.69, 9.17) is 4.74 Å². The number of halogens is 1. The van der Waals surface area contributed by atoms with Gasteiger partial charge in [0.15, 0.2) is 5.13 Å². The molecule has 10 heteroatoms. The average molecular weight is 673 g/mol. The van der Waals surface area contributed by atoms with Crippen LogP contribution in [0.4, 0.5) is 25.7 Å². The van der Waals surface area contributed by atoms with Crippen molar-refractivity contribution in [2.24, 2.45) is 0 Å². The van der Waals surface area contributed by atoms with Gasteiger partial charge < -0.3 is 15.0 Å². The van der Waals surface area contributed by atoms with E-state index in [9.17, 15) is 4.79 Å². The van der Waals surface area contributed by atoms with E-state index in [1.807, 2.05) is 82.7 Å². The number of thiazole rings is 1. The molecule has 2 amide bonds. The van der Waals surface area contributed by atoms with Crippen LogP contribution in [0.5, 0.6) is 0 Å². The molecule has 0 bridgehead atoms. The van der Waals surface area contributed by atoms with Gasteiger partial charge in [0, 0.05) is 56.2 Å². The van der Waals surface area contributed by atoms with E-state index in [1.165, 1.54) is 17.4 Å². The van der Waals surface area contributed by atoms with E-state index in [1.54, 1.807) is 24.1 Å². The minimum atomic E-state index is -0.892. The number of amides is 2. The fourth-order valence-corrected chi connectivity index (χ4v) is 7.39. The van der Waals surface area contributed by atoms with E-state index in [2.05, 4.69) is 51.8 Å². The van der Waals surface area contributed by atoms with E-state index in [-0.39, 0.29) is 6.03 Å². The Balaban J connectivity index is 1.16. The Bertz CT molecular complexity index is 1940. The van der Waals surface area contributed by atoms with Gasteiger partial charge in [-0.05, 0) is 48.2 Å². The number of ether oxygens (including phenoxy) is 1. The van der Waals surface area contributed by atoms with Gasteiger partial charge in [-0.1, -0.05) is 91.0 Å². The summed E-state index contributed by atoms with van der Waals surface area (Å²) in [5.41, 5.74) is 5.14. The van der Waals surface area contributed by atoms with Crippen LogP contribution in [0.3, 0.4) is 0 Å². The number of nitrogens with one attached hydrogen (secondary N) is 1. The maximum absolute atomic E-state index is 15.9. The number of benzene rings is 4. The highest BCUT2D eigenvalue weighted by molar-refractivity contribution is 7.14. The van der Waals surface area contributed by atoms with Gasteiger partial charge in [0.05, 0.1) is 17.1 Å². The summed E-state index contributed by atoms with van der Waals surface area (Å²) in [4.78, 5) is 22.8. The van der Waals surface area contributed by atoms with Crippen LogP contribution in [0.15, 0.2) is 121 Å². The van der Waals surface area contributed by atoms with Crippen molar-refractivity contribution in [2.45, 2.75) is 25.4 Å². The lowest BCUT2D eigenvalue weighted by molar-refractivity contribution is 0.184. The molecule has 3 heterocycles. The number of methoxy groups -OCH3 is 1. The lowest BCUT2D eigenvalue weighted by Gasteiger charge is -2.43. The fourth-order valence-electron chi connectivity index (χ4n) is 6.67. The van der Waals surface area contributed by atoms with Crippen LogP contribution in [0.25, 0.3) is 11.3 Å². The molecule has 1 saturated heterocycles. The summed E-state index contributed by atoms with van der Waals surface area (Å²) < 4.78 is 22.9. The third-order valence-corrected chi connectivity index (χ3v) is 9.71. The molecule has 49 heavy (non-hydrogen) atoms. The smallest absolute Gasteiger partial charge is 0.325 e. The molecule has 2 aromatic heterocycles. The number of rotatable bonds is 12. The number of carbonyl (C=O) groups is 1. The monoisotopic (exact) mass is 672 g/mol. The van der Waals surface area contributed by atoms with Gasteiger partial charge in [0.1, 0.15) is 11.4 Å². The van der Waals surface area contributed by atoms with Gasteiger partial charge >= 0.3 is 6.03 Å². The summed E-state index contributed by atoms with van der Waals surface area (Å²) in [5.74, 6) is -0.441. The minimum Gasteiger partial charge on any atom is -0.385 e. The first-order valence-electron chi connectivity index (χ1n) is 16.3. The van der Waals surface area contributed by atoms with Crippen LogP contribution in [-0.4, -0.2) is 52.5 Å². The van der Waals surface area contributed by atoms with Gasteiger partial charge in [0.25, 0.3) is 0 Å². The van der Waals surface area contributed by atoms with Crippen molar-refractivity contribution < 1.29 is 13.9 Å². The molecule has 4 aromatic carbocycles. The zero-order chi connectivity index (χ0) is 33.8. The molecule has 7 rings (SSSR count). The Morgan fingerprint density at radius 3 is 2.12 bits per heavy atom. The number of hydrogen-bond donors (Lipinski definition) is 1. The standard InChI is InChI=1S/C39H37FN6O2S/c1-28-35(26-44(43-28)21-12-24-48-2)41-37-42-36(27-49-37)33-20-19-32(25-34(33)40)45-22-23-46(38(45)47)39(29-13-6-3-7-14-29,30-15-8-4-9-16-30)31-17-10-5-11-18-31/h3-11,13-20,25-27H,12,21-24H2,1-2H3,(H,41,42). The summed E-state index contributed by atoms with van der Waals surface area (Å²) in [7, 11) is 1.69. The van der Waals surface area contributed by atoms with E-state index in [0.717, 1.165) is 41.0 Å². The number of nitrogens with zero attached hydrogens (tertiary/aromatic N) is 5. The second kappa shape index (κ2) is 14.0. The Hall–Kier alpha value is -5.32. The molecule has 8 nitrogen and oxygen atoms in total. The first kappa shape index (κ1) is 32.2. The first-order chi connectivity index (χ1) is 24.0. The molecular weight excluding hydrogens is 636 g/mol. The van der Waals surface area contributed by atoms with Crippen molar-refractivity contribution in [3.05, 3.63) is 149 Å². The van der Waals surface area contributed by atoms with Crippen LogP contribution in [0.1, 0.15) is 28.8 Å². The second-order valence-electron chi connectivity index (χ2n) is 12.0. The average Bonchev–Trinajstić information content (AvgIpc) is 3.85. The van der Waals surface area contributed by atoms with Gasteiger partial charge in [-0.3, -0.25) is 9.58 Å². The van der Waals surface area contributed by atoms with Crippen molar-refractivity contribution in [3.8, 4) is 11.3 Å². The molecule has 6 aromatic rings. The molecular formula is C39H37FN6O2S. The second-order valence-corrected chi connectivity index (χ2v) is 12.8. The van der Waals surface area contributed by atoms with Crippen molar-refractivity contribution >= 4 is 33.9 Å². The molecule has 0 unspecified atom stereocenters. The van der Waals surface area contributed by atoms with Gasteiger partial charge in [-0.25, -0.2) is 14.2 Å². The Morgan fingerprint density at radius 2 is 1.53 bits per heavy atom. The molecule has 1 aliphatic rings. The summed E-state index contributed by atoms with van der Waals surface area (Å²) in [5, 5.41) is 10.4. The highest BCUT2D eigenvalue weighted by atomic mass is 32.1. The van der Waals surface area contributed by atoms with E-state index < -0.39 is 11.4 Å². The zero-order valence-corrected chi connectivity index (χ0v) is 28.2. The van der Waals surface area contributed by atoms with E-state index in [0.29, 0.717) is 41.8 Å². The largest absolute Gasteiger partial charge is 0.385 e. The molecule has 0 aliphatic carbocycles. The summed E-state index contributed by atoms with van der Waals surface area (Å²) in [6.45, 7) is 4.22. The minimum absolute atomic E-state index is 0.193. The van der Waals surface area contributed by atoms with Crippen LogP contribution in [0.2, 0.25) is 0 Å². The molecule has 0 atom stereocenters. The maximum atomic E-state index is 15.9. The summed E-state index contributed by atoms with van der Waals surface area (Å²) in [6.07, 6.45) is 2.81. The van der Waals surface area contributed by atoms with Crippen LogP contribution < -0.4 is 10.2 Å². The number of urea groups is 1. The van der Waals surface area contributed by atoms with E-state index >= 15 is 4.39 Å². The number of carbonyl (C=O) groups excluding carboxylic acids is 1. The maximum Gasteiger partial charge on any atom is 0.325 e. The molecule has 1 N–H and O–H groups in total. The number of aromatic nitrogens is 3. The quantitative estimate of drug-likeness (QED) is 0.104. The van der Waals surface area contributed by atoms with Gasteiger partial charge in [0.2, 0.25) is 0 Å². The summed E-state index contributed by atoms with van der Waals surface area (Å²) >= 11 is 1.40. The number of anilines is 3. The normalized spacial score (nSPS) is 13.3.